The highest BCUT2D eigenvalue weighted by atomic mass is 32.1. The van der Waals surface area contributed by atoms with E-state index in [1.807, 2.05) is 20.8 Å². The van der Waals surface area contributed by atoms with Crippen molar-refractivity contribution < 1.29 is 9.31 Å². The van der Waals surface area contributed by atoms with E-state index in [-0.39, 0.29) is 5.54 Å². The number of nitro benzene ring substituents is 1. The van der Waals surface area contributed by atoms with Gasteiger partial charge < -0.3 is 5.32 Å². The lowest BCUT2D eigenvalue weighted by Gasteiger charge is -2.19. The lowest BCUT2D eigenvalue weighted by Crippen LogP contribution is -2.25. The Morgan fingerprint density at radius 2 is 2.10 bits per heavy atom. The third-order valence-corrected chi connectivity index (χ3v) is 3.18. The number of rotatable bonds is 3. The van der Waals surface area contributed by atoms with Gasteiger partial charge in [-0.2, -0.15) is 4.39 Å². The first-order chi connectivity index (χ1) is 9.26. The van der Waals surface area contributed by atoms with Crippen molar-refractivity contribution in [1.82, 2.24) is 4.98 Å². The van der Waals surface area contributed by atoms with Crippen molar-refractivity contribution >= 4 is 22.2 Å². The molecule has 1 aromatic carbocycles. The van der Waals surface area contributed by atoms with Crippen LogP contribution in [-0.2, 0) is 0 Å². The Labute approximate surface area is 119 Å². The van der Waals surface area contributed by atoms with Crippen molar-refractivity contribution in [3.63, 3.8) is 0 Å². The minimum atomic E-state index is -0.845. The lowest BCUT2D eigenvalue weighted by molar-refractivity contribution is -0.387. The van der Waals surface area contributed by atoms with Gasteiger partial charge >= 0.3 is 5.69 Å². The zero-order chi connectivity index (χ0) is 14.9. The molecule has 0 bridgehead atoms. The predicted octanol–water partition coefficient (Wildman–Crippen LogP) is 4.07. The molecule has 5 nitrogen and oxygen atoms in total. The highest BCUT2D eigenvalue weighted by molar-refractivity contribution is 7.14. The molecule has 0 atom stereocenters. The van der Waals surface area contributed by atoms with E-state index in [0.29, 0.717) is 11.3 Å². The van der Waals surface area contributed by atoms with Crippen LogP contribution in [0.25, 0.3) is 11.3 Å². The quantitative estimate of drug-likeness (QED) is 0.684. The Bertz CT molecular complexity index is 649. The first-order valence-corrected chi connectivity index (χ1v) is 6.82. The van der Waals surface area contributed by atoms with Crippen LogP contribution in [0.5, 0.6) is 0 Å². The lowest BCUT2D eigenvalue weighted by atomic mass is 10.1. The summed E-state index contributed by atoms with van der Waals surface area (Å²) in [4.78, 5) is 14.4. The molecule has 2 aromatic rings. The molecule has 0 spiro atoms. The molecule has 1 aromatic heterocycles. The van der Waals surface area contributed by atoms with E-state index < -0.39 is 16.4 Å². The maximum absolute atomic E-state index is 13.3. The minimum absolute atomic E-state index is 0.121. The van der Waals surface area contributed by atoms with E-state index in [9.17, 15) is 14.5 Å². The van der Waals surface area contributed by atoms with E-state index in [0.717, 1.165) is 11.2 Å². The fourth-order valence-electron chi connectivity index (χ4n) is 1.60. The van der Waals surface area contributed by atoms with E-state index in [1.165, 1.54) is 23.5 Å². The van der Waals surface area contributed by atoms with Crippen molar-refractivity contribution in [2.24, 2.45) is 0 Å². The average molecular weight is 295 g/mol. The van der Waals surface area contributed by atoms with Gasteiger partial charge in [0.15, 0.2) is 5.13 Å². The number of benzene rings is 1. The van der Waals surface area contributed by atoms with Crippen LogP contribution in [0.4, 0.5) is 15.2 Å². The molecule has 0 radical (unpaired) electrons. The van der Waals surface area contributed by atoms with Crippen molar-refractivity contribution in [2.75, 3.05) is 5.32 Å². The number of nitrogens with one attached hydrogen (secondary N) is 1. The Hall–Kier alpha value is -2.02. The van der Waals surface area contributed by atoms with Gasteiger partial charge in [0, 0.05) is 22.5 Å². The second-order valence-corrected chi connectivity index (χ2v) is 6.19. The Morgan fingerprint density at radius 3 is 2.70 bits per heavy atom. The van der Waals surface area contributed by atoms with Crippen molar-refractivity contribution in [3.8, 4) is 11.3 Å². The van der Waals surface area contributed by atoms with Crippen molar-refractivity contribution in [1.29, 1.82) is 0 Å². The van der Waals surface area contributed by atoms with Crippen LogP contribution in [0, 0.1) is 15.9 Å². The van der Waals surface area contributed by atoms with Gasteiger partial charge in [0.05, 0.1) is 10.6 Å². The molecule has 2 rings (SSSR count). The topological polar surface area (TPSA) is 68.1 Å². The third kappa shape index (κ3) is 3.30. The molecule has 0 saturated heterocycles. The molecule has 0 fully saturated rings. The fourth-order valence-corrected chi connectivity index (χ4v) is 2.52. The number of anilines is 1. The molecule has 0 aliphatic heterocycles. The van der Waals surface area contributed by atoms with Gasteiger partial charge in [-0.15, -0.1) is 11.3 Å². The zero-order valence-electron chi connectivity index (χ0n) is 11.3. The average Bonchev–Trinajstić information content (AvgIpc) is 2.75. The van der Waals surface area contributed by atoms with Gasteiger partial charge in [-0.25, -0.2) is 4.98 Å². The molecule has 1 heterocycles. The van der Waals surface area contributed by atoms with Gasteiger partial charge in [-0.1, -0.05) is 0 Å². The Balaban J connectivity index is 2.33. The van der Waals surface area contributed by atoms with Crippen LogP contribution >= 0.6 is 11.3 Å². The van der Waals surface area contributed by atoms with Gasteiger partial charge in [0.2, 0.25) is 5.82 Å². The summed E-state index contributed by atoms with van der Waals surface area (Å²) in [6.07, 6.45) is 0. The largest absolute Gasteiger partial charge is 0.357 e. The number of hydrogen-bond acceptors (Lipinski definition) is 5. The maximum Gasteiger partial charge on any atom is 0.305 e. The number of aromatic nitrogens is 1. The molecule has 0 unspecified atom stereocenters. The van der Waals surface area contributed by atoms with Crippen molar-refractivity contribution in [2.45, 2.75) is 26.3 Å². The van der Waals surface area contributed by atoms with Gasteiger partial charge in [-0.3, -0.25) is 10.1 Å². The zero-order valence-corrected chi connectivity index (χ0v) is 12.1. The van der Waals surface area contributed by atoms with E-state index in [4.69, 9.17) is 0 Å². The summed E-state index contributed by atoms with van der Waals surface area (Å²) in [6.45, 7) is 6.03. The van der Waals surface area contributed by atoms with Crippen LogP contribution in [0.3, 0.4) is 0 Å². The summed E-state index contributed by atoms with van der Waals surface area (Å²) in [5, 5.41) is 16.5. The van der Waals surface area contributed by atoms with E-state index >= 15 is 0 Å². The predicted molar refractivity (Wildman–Crippen MR) is 77.5 cm³/mol. The minimum Gasteiger partial charge on any atom is -0.357 e. The van der Waals surface area contributed by atoms with Crippen LogP contribution in [-0.4, -0.2) is 15.4 Å². The van der Waals surface area contributed by atoms with Gasteiger partial charge in [0.25, 0.3) is 0 Å². The Kier molecular flexibility index (Phi) is 3.71. The number of thiazole rings is 1. The smallest absolute Gasteiger partial charge is 0.305 e. The summed E-state index contributed by atoms with van der Waals surface area (Å²) in [5.41, 5.74) is 0.450. The third-order valence-electron chi connectivity index (χ3n) is 2.42. The highest BCUT2D eigenvalue weighted by Gasteiger charge is 2.17. The fraction of sp³-hybridized carbons (Fsp3) is 0.308. The first-order valence-electron chi connectivity index (χ1n) is 5.94. The molecule has 106 valence electrons. The molecule has 20 heavy (non-hydrogen) atoms. The molecular weight excluding hydrogens is 281 g/mol. The van der Waals surface area contributed by atoms with Crippen LogP contribution in [0.2, 0.25) is 0 Å². The molecule has 0 saturated carbocycles. The first kappa shape index (κ1) is 14.4. The second-order valence-electron chi connectivity index (χ2n) is 5.34. The maximum atomic E-state index is 13.3. The molecule has 0 aliphatic carbocycles. The number of nitrogens with zero attached hydrogens (tertiary/aromatic N) is 2. The van der Waals surface area contributed by atoms with Crippen molar-refractivity contribution in [3.05, 3.63) is 39.5 Å². The van der Waals surface area contributed by atoms with Gasteiger partial charge in [-0.05, 0) is 32.9 Å². The standard InChI is InChI=1S/C13H14FN3O2S/c1-13(2,3)16-12-15-10(7-20-12)8-4-5-9(14)11(6-8)17(18)19/h4-7H,1-3H3,(H,15,16). The van der Waals surface area contributed by atoms with Gasteiger partial charge in [0.1, 0.15) is 0 Å². The number of nitro groups is 1. The normalized spacial score (nSPS) is 11.4. The highest BCUT2D eigenvalue weighted by Crippen LogP contribution is 2.29. The summed E-state index contributed by atoms with van der Waals surface area (Å²) in [5.74, 6) is -0.845. The number of halogens is 1. The molecule has 1 N–H and O–H groups in total. The van der Waals surface area contributed by atoms with E-state index in [1.54, 1.807) is 5.38 Å². The van der Waals surface area contributed by atoms with E-state index in [2.05, 4.69) is 10.3 Å². The molecule has 0 amide bonds. The van der Waals surface area contributed by atoms with Crippen LogP contribution in [0.15, 0.2) is 23.6 Å². The SMILES string of the molecule is CC(C)(C)Nc1nc(-c2ccc(F)c([N+](=O)[O-])c2)cs1. The van der Waals surface area contributed by atoms with Crippen LogP contribution in [0.1, 0.15) is 20.8 Å². The summed E-state index contributed by atoms with van der Waals surface area (Å²) >= 11 is 1.40. The summed E-state index contributed by atoms with van der Waals surface area (Å²) in [6, 6.07) is 3.77. The molecule has 0 aliphatic rings. The molecule has 7 heteroatoms. The van der Waals surface area contributed by atoms with Crippen LogP contribution < -0.4 is 5.32 Å². The summed E-state index contributed by atoms with van der Waals surface area (Å²) in [7, 11) is 0. The molecular formula is C13H14FN3O2S. The Morgan fingerprint density at radius 1 is 1.40 bits per heavy atom. The summed E-state index contributed by atoms with van der Waals surface area (Å²) < 4.78 is 13.3. The monoisotopic (exact) mass is 295 g/mol. The number of hydrogen-bond donors (Lipinski definition) is 1. The second kappa shape index (κ2) is 5.16.